The highest BCUT2D eigenvalue weighted by atomic mass is 35.5. The second kappa shape index (κ2) is 8.13. The fourth-order valence-electron chi connectivity index (χ4n) is 2.56. The van der Waals surface area contributed by atoms with Crippen molar-refractivity contribution in [3.05, 3.63) is 57.6 Å². The van der Waals surface area contributed by atoms with Gasteiger partial charge in [0.15, 0.2) is 6.79 Å². The zero-order valence-corrected chi connectivity index (χ0v) is 15.7. The summed E-state index contributed by atoms with van der Waals surface area (Å²) in [5.41, 5.74) is 3.96. The maximum atomic E-state index is 12.1. The molecule has 0 saturated carbocycles. The Bertz CT molecular complexity index is 791. The van der Waals surface area contributed by atoms with Crippen molar-refractivity contribution in [3.8, 4) is 5.75 Å². The number of esters is 1. The van der Waals surface area contributed by atoms with Crippen molar-refractivity contribution in [2.24, 2.45) is 0 Å². The van der Waals surface area contributed by atoms with Crippen LogP contribution in [0.2, 0.25) is 5.02 Å². The fraction of sp³-hybridized carbons (Fsp3) is 0.316. The second-order valence-corrected chi connectivity index (χ2v) is 7.34. The van der Waals surface area contributed by atoms with Crippen LogP contribution in [-0.4, -0.2) is 18.5 Å². The van der Waals surface area contributed by atoms with Gasteiger partial charge < -0.3 is 14.2 Å². The number of rotatable bonds is 5. The van der Waals surface area contributed by atoms with Crippen LogP contribution in [0.3, 0.4) is 0 Å². The van der Waals surface area contributed by atoms with Gasteiger partial charge in [-0.3, -0.25) is 4.79 Å². The zero-order chi connectivity index (χ0) is 17.8. The Balaban J connectivity index is 1.59. The van der Waals surface area contributed by atoms with Gasteiger partial charge in [0.05, 0.1) is 12.4 Å². The van der Waals surface area contributed by atoms with E-state index in [4.69, 9.17) is 25.8 Å². The largest absolute Gasteiger partial charge is 0.467 e. The number of fused-ring (bicyclic) bond motifs is 1. The molecule has 0 radical (unpaired) electrons. The molecule has 25 heavy (non-hydrogen) atoms. The molecule has 6 heteroatoms. The van der Waals surface area contributed by atoms with Gasteiger partial charge in [-0.1, -0.05) is 29.3 Å². The number of hydrogen-bond acceptors (Lipinski definition) is 5. The summed E-state index contributed by atoms with van der Waals surface area (Å²) in [5.74, 6) is 0.689. The molecule has 0 N–H and O–H groups in total. The quantitative estimate of drug-likeness (QED) is 0.559. The molecule has 4 nitrogen and oxygen atoms in total. The molecular formula is C19H19ClO4S. The molecule has 0 saturated heterocycles. The van der Waals surface area contributed by atoms with Crippen molar-refractivity contribution in [1.29, 1.82) is 0 Å². The van der Waals surface area contributed by atoms with Gasteiger partial charge in [-0.15, -0.1) is 11.8 Å². The minimum atomic E-state index is -0.272. The molecule has 0 spiro atoms. The first-order valence-electron chi connectivity index (χ1n) is 7.90. The summed E-state index contributed by atoms with van der Waals surface area (Å²) in [6, 6.07) is 9.76. The molecule has 0 unspecified atom stereocenters. The summed E-state index contributed by atoms with van der Waals surface area (Å²) >= 11 is 7.60. The molecule has 3 rings (SSSR count). The van der Waals surface area contributed by atoms with Crippen LogP contribution in [0.1, 0.15) is 22.3 Å². The van der Waals surface area contributed by atoms with Gasteiger partial charge >= 0.3 is 5.97 Å². The molecule has 0 fully saturated rings. The third-order valence-corrected chi connectivity index (χ3v) is 5.18. The molecule has 0 amide bonds. The van der Waals surface area contributed by atoms with E-state index in [1.54, 1.807) is 12.1 Å². The van der Waals surface area contributed by atoms with Crippen LogP contribution in [0.15, 0.2) is 35.2 Å². The Labute approximate surface area is 156 Å². The lowest BCUT2D eigenvalue weighted by molar-refractivity contribution is -0.141. The van der Waals surface area contributed by atoms with Gasteiger partial charge in [0, 0.05) is 21.0 Å². The third-order valence-electron chi connectivity index (χ3n) is 3.83. The van der Waals surface area contributed by atoms with Crippen molar-refractivity contribution in [3.63, 3.8) is 0 Å². The first-order valence-corrected chi connectivity index (χ1v) is 9.27. The monoisotopic (exact) mass is 378 g/mol. The van der Waals surface area contributed by atoms with E-state index < -0.39 is 0 Å². The van der Waals surface area contributed by atoms with Crippen LogP contribution in [0.25, 0.3) is 0 Å². The molecule has 0 bridgehead atoms. The third kappa shape index (κ3) is 4.69. The summed E-state index contributed by atoms with van der Waals surface area (Å²) in [4.78, 5) is 13.2. The number of thioether (sulfide) groups is 1. The number of aryl methyl sites for hydroxylation is 2. The normalized spacial score (nSPS) is 13.1. The number of hydrogen-bond donors (Lipinski definition) is 0. The van der Waals surface area contributed by atoms with Crippen LogP contribution in [0.5, 0.6) is 5.75 Å². The van der Waals surface area contributed by atoms with Gasteiger partial charge in [-0.25, -0.2) is 0 Å². The van der Waals surface area contributed by atoms with Gasteiger partial charge in [-0.2, -0.15) is 0 Å². The summed E-state index contributed by atoms with van der Waals surface area (Å²) in [7, 11) is 0. The van der Waals surface area contributed by atoms with E-state index in [0.717, 1.165) is 21.6 Å². The Morgan fingerprint density at radius 1 is 1.28 bits per heavy atom. The van der Waals surface area contributed by atoms with Crippen LogP contribution in [-0.2, 0) is 27.5 Å². The molecular weight excluding hydrogens is 360 g/mol. The van der Waals surface area contributed by atoms with Crippen LogP contribution >= 0.6 is 23.4 Å². The Kier molecular flexibility index (Phi) is 5.89. The van der Waals surface area contributed by atoms with Crippen molar-refractivity contribution < 1.29 is 19.0 Å². The van der Waals surface area contributed by atoms with Gasteiger partial charge in [0.1, 0.15) is 12.4 Å². The average molecular weight is 379 g/mol. The highest BCUT2D eigenvalue weighted by Gasteiger charge is 2.17. The minimum absolute atomic E-state index is 0.134. The maximum Gasteiger partial charge on any atom is 0.316 e. The highest BCUT2D eigenvalue weighted by molar-refractivity contribution is 8.00. The first kappa shape index (κ1) is 18.1. The van der Waals surface area contributed by atoms with Crippen LogP contribution < -0.4 is 4.74 Å². The smallest absolute Gasteiger partial charge is 0.316 e. The number of ether oxygens (including phenoxy) is 3. The second-order valence-electron chi connectivity index (χ2n) is 5.88. The summed E-state index contributed by atoms with van der Waals surface area (Å²) in [6.07, 6.45) is 0. The van der Waals surface area contributed by atoms with E-state index in [1.165, 1.54) is 17.3 Å². The van der Waals surface area contributed by atoms with E-state index in [1.807, 2.05) is 13.8 Å². The van der Waals surface area contributed by atoms with E-state index in [2.05, 4.69) is 18.2 Å². The highest BCUT2D eigenvalue weighted by Crippen LogP contribution is 2.32. The molecule has 2 aromatic carbocycles. The first-order chi connectivity index (χ1) is 12.0. The maximum absolute atomic E-state index is 12.1. The summed E-state index contributed by atoms with van der Waals surface area (Å²) in [6.45, 7) is 4.84. The topological polar surface area (TPSA) is 44.8 Å². The molecule has 2 aromatic rings. The zero-order valence-electron chi connectivity index (χ0n) is 14.1. The molecule has 0 aliphatic carbocycles. The number of benzene rings is 2. The standard InChI is InChI=1S/C19H19ClO4S/c1-12-3-4-13(2)17(5-12)25-10-18(21)23-9-15-7-16(20)6-14-8-22-11-24-19(14)15/h3-7H,8-11H2,1-2H3. The molecule has 132 valence electrons. The SMILES string of the molecule is Cc1ccc(C)c(SCC(=O)OCc2cc(Cl)cc3c2OCOC3)c1. The lowest BCUT2D eigenvalue weighted by atomic mass is 10.1. The van der Waals surface area contributed by atoms with Crippen molar-refractivity contribution >= 4 is 29.3 Å². The van der Waals surface area contributed by atoms with Crippen molar-refractivity contribution in [1.82, 2.24) is 0 Å². The van der Waals surface area contributed by atoms with Gasteiger partial charge in [-0.05, 0) is 37.6 Å². The fourth-order valence-corrected chi connectivity index (χ4v) is 3.75. The molecule has 1 heterocycles. The molecule has 1 aliphatic heterocycles. The van der Waals surface area contributed by atoms with Crippen molar-refractivity contribution in [2.45, 2.75) is 32.0 Å². The Hall–Kier alpha value is -1.69. The lowest BCUT2D eigenvalue weighted by Gasteiger charge is -2.21. The van der Waals surface area contributed by atoms with Crippen LogP contribution in [0, 0.1) is 13.8 Å². The number of halogens is 1. The Morgan fingerprint density at radius 3 is 2.96 bits per heavy atom. The lowest BCUT2D eigenvalue weighted by Crippen LogP contribution is -2.14. The summed E-state index contributed by atoms with van der Waals surface area (Å²) < 4.78 is 16.2. The van der Waals surface area contributed by atoms with Gasteiger partial charge in [0.25, 0.3) is 0 Å². The predicted octanol–water partition coefficient (Wildman–Crippen LogP) is 4.66. The van der Waals surface area contributed by atoms with Gasteiger partial charge in [0.2, 0.25) is 0 Å². The van der Waals surface area contributed by atoms with Crippen LogP contribution in [0.4, 0.5) is 0 Å². The van der Waals surface area contributed by atoms with E-state index >= 15 is 0 Å². The number of carbonyl (C=O) groups is 1. The van der Waals surface area contributed by atoms with Crippen molar-refractivity contribution in [2.75, 3.05) is 12.5 Å². The average Bonchev–Trinajstić information content (AvgIpc) is 2.60. The molecule has 0 atom stereocenters. The molecule has 0 aromatic heterocycles. The summed E-state index contributed by atoms with van der Waals surface area (Å²) in [5, 5.41) is 0.573. The number of carbonyl (C=O) groups excluding carboxylic acids is 1. The molecule has 1 aliphatic rings. The van der Waals surface area contributed by atoms with E-state index in [0.29, 0.717) is 17.4 Å². The van der Waals surface area contributed by atoms with E-state index in [-0.39, 0.29) is 25.1 Å². The van der Waals surface area contributed by atoms with E-state index in [9.17, 15) is 4.79 Å². The Morgan fingerprint density at radius 2 is 2.12 bits per heavy atom. The predicted molar refractivity (Wildman–Crippen MR) is 98.2 cm³/mol. The minimum Gasteiger partial charge on any atom is -0.467 e.